The Kier molecular flexibility index (Phi) is 2.06. The maximum atomic E-state index is 10.7. The van der Waals surface area contributed by atoms with Gasteiger partial charge in [-0.05, 0) is 12.1 Å². The number of halogens is 1. The van der Waals surface area contributed by atoms with Crippen molar-refractivity contribution in [1.82, 2.24) is 0 Å². The second-order valence-corrected chi connectivity index (χ2v) is 3.26. The van der Waals surface area contributed by atoms with Crippen molar-refractivity contribution in [3.63, 3.8) is 0 Å². The second kappa shape index (κ2) is 3.22. The van der Waals surface area contributed by atoms with E-state index in [4.69, 9.17) is 4.42 Å². The molecule has 1 aromatic carbocycles. The molecule has 0 bridgehead atoms. The largest absolute Gasteiger partial charge is 0.462 e. The summed E-state index contributed by atoms with van der Waals surface area (Å²) in [4.78, 5) is 10.4. The monoisotopic (exact) mass is 239 g/mol. The van der Waals surface area contributed by atoms with Crippen LogP contribution in [0.1, 0.15) is 0 Å². The fourth-order valence-corrected chi connectivity index (χ4v) is 1.39. The van der Waals surface area contributed by atoms with Gasteiger partial charge in [-0.1, -0.05) is 12.1 Å². The minimum atomic E-state index is -0.279. The quantitative estimate of drug-likeness (QED) is 0.613. The van der Waals surface area contributed by atoms with Crippen molar-refractivity contribution >= 4 is 37.4 Å². The highest BCUT2D eigenvalue weighted by Crippen LogP contribution is 2.25. The smallest absolute Gasteiger partial charge is 0.291 e. The van der Waals surface area contributed by atoms with Crippen LogP contribution in [0.4, 0.5) is 10.5 Å². The lowest BCUT2D eigenvalue weighted by Gasteiger charge is -1.94. The van der Waals surface area contributed by atoms with E-state index in [0.717, 1.165) is 11.0 Å². The molecule has 0 saturated heterocycles. The number of para-hydroxylation sites is 1. The first kappa shape index (κ1) is 8.31. The third kappa shape index (κ3) is 1.58. The van der Waals surface area contributed by atoms with Crippen molar-refractivity contribution < 1.29 is 9.21 Å². The number of hydrogen-bond acceptors (Lipinski definition) is 2. The average molecular weight is 240 g/mol. The van der Waals surface area contributed by atoms with Crippen molar-refractivity contribution in [2.24, 2.45) is 0 Å². The molecular weight excluding hydrogens is 234 g/mol. The maximum absolute atomic E-state index is 10.7. The van der Waals surface area contributed by atoms with Crippen molar-refractivity contribution in [1.29, 1.82) is 0 Å². The van der Waals surface area contributed by atoms with Gasteiger partial charge in [-0.2, -0.15) is 0 Å². The molecule has 0 saturated carbocycles. The van der Waals surface area contributed by atoms with Gasteiger partial charge in [0.2, 0.25) is 0 Å². The lowest BCUT2D eigenvalue weighted by molar-refractivity contribution is 0.270. The van der Waals surface area contributed by atoms with Gasteiger partial charge in [0.15, 0.2) is 0 Å². The SMILES string of the molecule is O=C(Br)Nc1coc2ccccc12. The highest BCUT2D eigenvalue weighted by Gasteiger charge is 2.05. The molecule has 13 heavy (non-hydrogen) atoms. The molecule has 1 N–H and O–H groups in total. The summed E-state index contributed by atoms with van der Waals surface area (Å²) in [6, 6.07) is 7.50. The molecule has 0 aliphatic heterocycles. The molecule has 0 spiro atoms. The molecule has 1 aromatic heterocycles. The summed E-state index contributed by atoms with van der Waals surface area (Å²) in [5.74, 6) is 0. The van der Waals surface area contributed by atoms with Crippen LogP contribution < -0.4 is 5.32 Å². The van der Waals surface area contributed by atoms with Crippen LogP contribution in [0, 0.1) is 0 Å². The molecule has 2 aromatic rings. The minimum absolute atomic E-state index is 0.279. The van der Waals surface area contributed by atoms with Gasteiger partial charge in [0, 0.05) is 21.3 Å². The van der Waals surface area contributed by atoms with E-state index in [2.05, 4.69) is 21.2 Å². The van der Waals surface area contributed by atoms with E-state index >= 15 is 0 Å². The normalized spacial score (nSPS) is 10.2. The number of rotatable bonds is 1. The van der Waals surface area contributed by atoms with Crippen LogP contribution in [0.2, 0.25) is 0 Å². The molecule has 3 nitrogen and oxygen atoms in total. The van der Waals surface area contributed by atoms with Gasteiger partial charge in [-0.25, -0.2) is 0 Å². The fraction of sp³-hybridized carbons (Fsp3) is 0. The summed E-state index contributed by atoms with van der Waals surface area (Å²) in [6.45, 7) is 0. The molecule has 0 radical (unpaired) electrons. The summed E-state index contributed by atoms with van der Waals surface area (Å²) >= 11 is 2.79. The highest BCUT2D eigenvalue weighted by molar-refractivity contribution is 9.18. The molecule has 66 valence electrons. The maximum Gasteiger partial charge on any atom is 0.291 e. The third-order valence-electron chi connectivity index (χ3n) is 1.71. The first-order chi connectivity index (χ1) is 6.27. The van der Waals surface area contributed by atoms with Crippen LogP contribution in [0.25, 0.3) is 11.0 Å². The summed E-state index contributed by atoms with van der Waals surface area (Å²) < 4.78 is 5.21. The molecule has 0 fully saturated rings. The van der Waals surface area contributed by atoms with Crippen LogP contribution in [-0.2, 0) is 0 Å². The average Bonchev–Trinajstić information content (AvgIpc) is 2.48. The summed E-state index contributed by atoms with van der Waals surface area (Å²) in [5.41, 5.74) is 1.44. The van der Waals surface area contributed by atoms with E-state index in [9.17, 15) is 4.79 Å². The second-order valence-electron chi connectivity index (χ2n) is 2.54. The van der Waals surface area contributed by atoms with Gasteiger partial charge in [-0.15, -0.1) is 0 Å². The molecule has 0 aliphatic carbocycles. The van der Waals surface area contributed by atoms with Crippen molar-refractivity contribution in [2.75, 3.05) is 5.32 Å². The molecule has 2 rings (SSSR count). The Morgan fingerprint density at radius 3 is 2.92 bits per heavy atom. The van der Waals surface area contributed by atoms with Gasteiger partial charge < -0.3 is 9.73 Å². The number of amides is 1. The lowest BCUT2D eigenvalue weighted by atomic mass is 10.2. The zero-order chi connectivity index (χ0) is 9.26. The van der Waals surface area contributed by atoms with Crippen LogP contribution in [-0.4, -0.2) is 4.82 Å². The number of nitrogens with one attached hydrogen (secondary N) is 1. The summed E-state index contributed by atoms with van der Waals surface area (Å²) in [7, 11) is 0. The number of furan rings is 1. The topological polar surface area (TPSA) is 42.2 Å². The lowest BCUT2D eigenvalue weighted by Crippen LogP contribution is -1.98. The van der Waals surface area contributed by atoms with E-state index in [0.29, 0.717) is 5.69 Å². The van der Waals surface area contributed by atoms with Gasteiger partial charge in [0.25, 0.3) is 4.82 Å². The van der Waals surface area contributed by atoms with E-state index < -0.39 is 0 Å². The number of benzene rings is 1. The third-order valence-corrected chi connectivity index (χ3v) is 1.91. The standard InChI is InChI=1S/C9H6BrNO2/c10-9(12)11-7-5-13-8-4-2-1-3-6(7)8/h1-5H,(H,11,12). The highest BCUT2D eigenvalue weighted by atomic mass is 79.9. The Balaban J connectivity index is 2.51. The number of carbonyl (C=O) groups is 1. The van der Waals surface area contributed by atoms with E-state index in [-0.39, 0.29) is 4.82 Å². The van der Waals surface area contributed by atoms with E-state index in [1.807, 2.05) is 24.3 Å². The van der Waals surface area contributed by atoms with Gasteiger partial charge in [0.05, 0.1) is 5.69 Å². The molecule has 0 atom stereocenters. The Hall–Kier alpha value is -1.29. The van der Waals surface area contributed by atoms with Crippen LogP contribution in [0.5, 0.6) is 0 Å². The summed E-state index contributed by atoms with van der Waals surface area (Å²) in [6.07, 6.45) is 1.52. The van der Waals surface area contributed by atoms with Crippen molar-refractivity contribution in [2.45, 2.75) is 0 Å². The molecule has 4 heteroatoms. The van der Waals surface area contributed by atoms with Gasteiger partial charge in [-0.3, -0.25) is 4.79 Å². The zero-order valence-electron chi connectivity index (χ0n) is 6.58. The first-order valence-electron chi connectivity index (χ1n) is 3.70. The number of carbonyl (C=O) groups excluding carboxylic acids is 1. The summed E-state index contributed by atoms with van der Waals surface area (Å²) in [5, 5.41) is 3.51. The Morgan fingerprint density at radius 1 is 1.38 bits per heavy atom. The van der Waals surface area contributed by atoms with E-state index in [1.54, 1.807) is 0 Å². The fourth-order valence-electron chi connectivity index (χ4n) is 1.18. The molecular formula is C9H6BrNO2. The van der Waals surface area contributed by atoms with Gasteiger partial charge in [0.1, 0.15) is 11.8 Å². The first-order valence-corrected chi connectivity index (χ1v) is 4.49. The van der Waals surface area contributed by atoms with Crippen molar-refractivity contribution in [3.8, 4) is 0 Å². The minimum Gasteiger partial charge on any atom is -0.462 e. The number of fused-ring (bicyclic) bond motifs is 1. The van der Waals surface area contributed by atoms with Crippen LogP contribution >= 0.6 is 15.9 Å². The van der Waals surface area contributed by atoms with Gasteiger partial charge >= 0.3 is 0 Å². The molecule has 1 heterocycles. The number of anilines is 1. The molecule has 0 unspecified atom stereocenters. The number of hydrogen-bond donors (Lipinski definition) is 1. The molecule has 1 amide bonds. The van der Waals surface area contributed by atoms with Crippen molar-refractivity contribution in [3.05, 3.63) is 30.5 Å². The Morgan fingerprint density at radius 2 is 2.15 bits per heavy atom. The van der Waals surface area contributed by atoms with E-state index in [1.165, 1.54) is 6.26 Å². The van der Waals surface area contributed by atoms with Crippen LogP contribution in [0.15, 0.2) is 34.9 Å². The Bertz CT molecular complexity index is 450. The molecule has 0 aliphatic rings. The van der Waals surface area contributed by atoms with Crippen LogP contribution in [0.3, 0.4) is 0 Å². The predicted octanol–water partition coefficient (Wildman–Crippen LogP) is 3.36. The zero-order valence-corrected chi connectivity index (χ0v) is 8.17. The Labute approximate surface area is 82.9 Å². The predicted molar refractivity (Wildman–Crippen MR) is 54.2 cm³/mol.